The van der Waals surface area contributed by atoms with Gasteiger partial charge < -0.3 is 11.1 Å². The molecule has 3 heteroatoms. The van der Waals surface area contributed by atoms with E-state index in [9.17, 15) is 4.79 Å². The fourth-order valence-electron chi connectivity index (χ4n) is 1.62. The lowest BCUT2D eigenvalue weighted by Crippen LogP contribution is -2.34. The quantitative estimate of drug-likeness (QED) is 0.773. The van der Waals surface area contributed by atoms with Gasteiger partial charge in [0.15, 0.2) is 0 Å². The summed E-state index contributed by atoms with van der Waals surface area (Å²) in [6.07, 6.45) is 0. The average Bonchev–Trinajstić information content (AvgIpc) is 2.22. The van der Waals surface area contributed by atoms with E-state index in [4.69, 9.17) is 5.73 Å². The maximum Gasteiger partial charge on any atom is 0.225 e. The summed E-state index contributed by atoms with van der Waals surface area (Å²) in [5, 5.41) is 2.95. The number of anilines is 1. The Morgan fingerprint density at radius 3 is 2.41 bits per heavy atom. The van der Waals surface area contributed by atoms with Crippen LogP contribution in [0.1, 0.15) is 37.5 Å². The molecule has 0 spiro atoms. The molecular formula is C14H22N2O. The van der Waals surface area contributed by atoms with Gasteiger partial charge in [-0.2, -0.15) is 0 Å². The minimum atomic E-state index is -0.359. The molecule has 0 saturated carbocycles. The zero-order chi connectivity index (χ0) is 13.2. The number of carbonyl (C=O) groups is 1. The number of carbonyl (C=O) groups excluding carboxylic acids is 1. The number of nitrogens with one attached hydrogen (secondary N) is 1. The van der Waals surface area contributed by atoms with E-state index in [1.807, 2.05) is 46.8 Å². The number of aryl methyl sites for hydroxylation is 1. The van der Waals surface area contributed by atoms with E-state index in [1.54, 1.807) is 0 Å². The summed E-state index contributed by atoms with van der Waals surface area (Å²) in [5.74, 6) is 0.0544. The summed E-state index contributed by atoms with van der Waals surface area (Å²) in [6, 6.07) is 3.89. The van der Waals surface area contributed by atoms with Crippen LogP contribution in [-0.4, -0.2) is 5.91 Å². The van der Waals surface area contributed by atoms with Crippen LogP contribution >= 0.6 is 0 Å². The van der Waals surface area contributed by atoms with Crippen LogP contribution in [-0.2, 0) is 11.3 Å². The summed E-state index contributed by atoms with van der Waals surface area (Å²) in [6.45, 7) is 10.3. The first-order valence-electron chi connectivity index (χ1n) is 5.86. The Hall–Kier alpha value is -1.51. The molecule has 3 nitrogen and oxygen atoms in total. The normalized spacial score (nSPS) is 11.4. The van der Waals surface area contributed by atoms with Crippen molar-refractivity contribution in [1.82, 2.24) is 5.32 Å². The summed E-state index contributed by atoms with van der Waals surface area (Å²) in [7, 11) is 0. The lowest BCUT2D eigenvalue weighted by atomic mass is 9.95. The highest BCUT2D eigenvalue weighted by Crippen LogP contribution is 2.20. The summed E-state index contributed by atoms with van der Waals surface area (Å²) >= 11 is 0. The molecule has 0 bridgehead atoms. The monoisotopic (exact) mass is 234 g/mol. The molecule has 0 aliphatic carbocycles. The molecule has 3 N–H and O–H groups in total. The van der Waals surface area contributed by atoms with Gasteiger partial charge in [0, 0.05) is 17.6 Å². The molecule has 1 amide bonds. The SMILES string of the molecule is Cc1ccc(N)c(C)c1CNC(=O)C(C)(C)C. The molecule has 17 heavy (non-hydrogen) atoms. The summed E-state index contributed by atoms with van der Waals surface area (Å²) < 4.78 is 0. The standard InChI is InChI=1S/C14H22N2O/c1-9-6-7-12(15)10(2)11(9)8-16-13(17)14(3,4)5/h6-7H,8,15H2,1-5H3,(H,16,17). The van der Waals surface area contributed by atoms with Gasteiger partial charge >= 0.3 is 0 Å². The second-order valence-corrected chi connectivity index (χ2v) is 5.51. The van der Waals surface area contributed by atoms with Gasteiger partial charge in [0.1, 0.15) is 0 Å². The number of benzene rings is 1. The predicted octanol–water partition coefficient (Wildman–Crippen LogP) is 2.55. The summed E-state index contributed by atoms with van der Waals surface area (Å²) in [4.78, 5) is 11.8. The number of amides is 1. The predicted molar refractivity (Wildman–Crippen MR) is 71.6 cm³/mol. The zero-order valence-electron chi connectivity index (χ0n) is 11.3. The van der Waals surface area contributed by atoms with Crippen molar-refractivity contribution in [3.63, 3.8) is 0 Å². The van der Waals surface area contributed by atoms with E-state index in [0.29, 0.717) is 6.54 Å². The molecular weight excluding hydrogens is 212 g/mol. The molecule has 0 radical (unpaired) electrons. The Labute approximate surface area is 103 Å². The number of hydrogen-bond acceptors (Lipinski definition) is 2. The van der Waals surface area contributed by atoms with Crippen LogP contribution in [0.15, 0.2) is 12.1 Å². The van der Waals surface area contributed by atoms with Crippen molar-refractivity contribution >= 4 is 11.6 Å². The van der Waals surface area contributed by atoms with E-state index in [2.05, 4.69) is 5.32 Å². The van der Waals surface area contributed by atoms with E-state index < -0.39 is 0 Å². The van der Waals surface area contributed by atoms with Crippen LogP contribution in [0.5, 0.6) is 0 Å². The second-order valence-electron chi connectivity index (χ2n) is 5.51. The molecule has 94 valence electrons. The first-order valence-corrected chi connectivity index (χ1v) is 5.86. The topological polar surface area (TPSA) is 55.1 Å². The van der Waals surface area contributed by atoms with Gasteiger partial charge in [0.2, 0.25) is 5.91 Å². The fraction of sp³-hybridized carbons (Fsp3) is 0.500. The Morgan fingerprint density at radius 2 is 1.88 bits per heavy atom. The van der Waals surface area contributed by atoms with Gasteiger partial charge in [0.25, 0.3) is 0 Å². The molecule has 0 aromatic heterocycles. The number of rotatable bonds is 2. The third-order valence-corrected chi connectivity index (χ3v) is 2.98. The molecule has 0 saturated heterocycles. The van der Waals surface area contributed by atoms with Crippen molar-refractivity contribution < 1.29 is 4.79 Å². The average molecular weight is 234 g/mol. The van der Waals surface area contributed by atoms with Crippen molar-refractivity contribution in [3.05, 3.63) is 28.8 Å². The summed E-state index contributed by atoms with van der Waals surface area (Å²) in [5.41, 5.74) is 9.61. The molecule has 0 fully saturated rings. The van der Waals surface area contributed by atoms with Crippen LogP contribution in [0, 0.1) is 19.3 Å². The largest absolute Gasteiger partial charge is 0.399 e. The van der Waals surface area contributed by atoms with E-state index in [0.717, 1.165) is 22.4 Å². The molecule has 1 aromatic carbocycles. The number of hydrogen-bond donors (Lipinski definition) is 2. The molecule has 0 unspecified atom stereocenters. The molecule has 0 atom stereocenters. The van der Waals surface area contributed by atoms with E-state index in [1.165, 1.54) is 0 Å². The Kier molecular flexibility index (Phi) is 3.81. The van der Waals surface area contributed by atoms with Crippen molar-refractivity contribution in [2.75, 3.05) is 5.73 Å². The Bertz CT molecular complexity index is 431. The highest BCUT2D eigenvalue weighted by atomic mass is 16.2. The van der Waals surface area contributed by atoms with Crippen molar-refractivity contribution in [1.29, 1.82) is 0 Å². The highest BCUT2D eigenvalue weighted by molar-refractivity contribution is 5.81. The second kappa shape index (κ2) is 4.78. The van der Waals surface area contributed by atoms with E-state index >= 15 is 0 Å². The number of nitrogens with two attached hydrogens (primary N) is 1. The number of nitrogen functional groups attached to an aromatic ring is 1. The molecule has 0 heterocycles. The molecule has 1 rings (SSSR count). The molecule has 0 aliphatic heterocycles. The maximum absolute atomic E-state index is 11.8. The van der Waals surface area contributed by atoms with E-state index in [-0.39, 0.29) is 11.3 Å². The molecule has 0 aliphatic rings. The first kappa shape index (κ1) is 13.6. The Morgan fingerprint density at radius 1 is 1.29 bits per heavy atom. The fourth-order valence-corrected chi connectivity index (χ4v) is 1.62. The zero-order valence-corrected chi connectivity index (χ0v) is 11.3. The van der Waals surface area contributed by atoms with Gasteiger partial charge in [-0.05, 0) is 36.6 Å². The first-order chi connectivity index (χ1) is 7.73. The van der Waals surface area contributed by atoms with Gasteiger partial charge in [-0.25, -0.2) is 0 Å². The smallest absolute Gasteiger partial charge is 0.225 e. The third kappa shape index (κ3) is 3.22. The van der Waals surface area contributed by atoms with Crippen LogP contribution in [0.25, 0.3) is 0 Å². The van der Waals surface area contributed by atoms with Crippen LogP contribution < -0.4 is 11.1 Å². The van der Waals surface area contributed by atoms with Gasteiger partial charge in [-0.3, -0.25) is 4.79 Å². The van der Waals surface area contributed by atoms with Crippen molar-refractivity contribution in [2.45, 2.75) is 41.2 Å². The van der Waals surface area contributed by atoms with Gasteiger partial charge in [-0.1, -0.05) is 26.8 Å². The van der Waals surface area contributed by atoms with Crippen molar-refractivity contribution in [3.8, 4) is 0 Å². The minimum Gasteiger partial charge on any atom is -0.399 e. The van der Waals surface area contributed by atoms with Gasteiger partial charge in [0.05, 0.1) is 0 Å². The third-order valence-electron chi connectivity index (χ3n) is 2.98. The van der Waals surface area contributed by atoms with Crippen LogP contribution in [0.2, 0.25) is 0 Å². The highest BCUT2D eigenvalue weighted by Gasteiger charge is 2.21. The minimum absolute atomic E-state index is 0.0544. The van der Waals surface area contributed by atoms with Crippen LogP contribution in [0.4, 0.5) is 5.69 Å². The lowest BCUT2D eigenvalue weighted by Gasteiger charge is -2.19. The molecule has 1 aromatic rings. The maximum atomic E-state index is 11.8. The Balaban J connectivity index is 2.84. The van der Waals surface area contributed by atoms with Gasteiger partial charge in [-0.15, -0.1) is 0 Å². The lowest BCUT2D eigenvalue weighted by molar-refractivity contribution is -0.128. The van der Waals surface area contributed by atoms with Crippen molar-refractivity contribution in [2.24, 2.45) is 5.41 Å². The van der Waals surface area contributed by atoms with Crippen LogP contribution in [0.3, 0.4) is 0 Å².